The van der Waals surface area contributed by atoms with Crippen LogP contribution in [0.1, 0.15) is 24.1 Å². The molecule has 2 aromatic carbocycles. The van der Waals surface area contributed by atoms with Crippen LogP contribution < -0.4 is 24.4 Å². The van der Waals surface area contributed by atoms with E-state index < -0.39 is 23.4 Å². The number of thiazole rings is 1. The van der Waals surface area contributed by atoms with Crippen molar-refractivity contribution in [1.82, 2.24) is 4.57 Å². The maximum Gasteiger partial charge on any atom is 0.338 e. The number of carbonyl (C=O) groups is 1. The summed E-state index contributed by atoms with van der Waals surface area (Å²) in [5.41, 5.74) is 0.850. The van der Waals surface area contributed by atoms with Crippen LogP contribution in [0.4, 0.5) is 4.39 Å². The molecule has 7 nitrogen and oxygen atoms in total. The van der Waals surface area contributed by atoms with E-state index in [9.17, 15) is 14.0 Å². The highest BCUT2D eigenvalue weighted by atomic mass is 35.5. The SMILES string of the molecule is COC(=O)C1=C(C)N=c2s/c(=C/c3c(F)cccc3Cl)c(=O)n2[C@@H]1c1ccc(OC)c(OC)c1. The van der Waals surface area contributed by atoms with Gasteiger partial charge < -0.3 is 14.2 Å². The highest BCUT2D eigenvalue weighted by Gasteiger charge is 2.33. The molecule has 0 N–H and O–H groups in total. The molecule has 1 atom stereocenters. The van der Waals surface area contributed by atoms with Crippen LogP contribution >= 0.6 is 22.9 Å². The van der Waals surface area contributed by atoms with Gasteiger partial charge in [0.15, 0.2) is 16.3 Å². The van der Waals surface area contributed by atoms with Gasteiger partial charge in [0.05, 0.1) is 48.2 Å². The Balaban J connectivity index is 2.01. The lowest BCUT2D eigenvalue weighted by Crippen LogP contribution is -2.39. The molecule has 0 bridgehead atoms. The van der Waals surface area contributed by atoms with E-state index in [0.29, 0.717) is 27.6 Å². The molecule has 0 unspecified atom stereocenters. The van der Waals surface area contributed by atoms with Crippen LogP contribution in [0.2, 0.25) is 5.02 Å². The van der Waals surface area contributed by atoms with Crippen molar-refractivity contribution in [3.8, 4) is 11.5 Å². The molecule has 0 saturated carbocycles. The highest BCUT2D eigenvalue weighted by molar-refractivity contribution is 7.07. The van der Waals surface area contributed by atoms with Crippen molar-refractivity contribution in [2.45, 2.75) is 13.0 Å². The van der Waals surface area contributed by atoms with E-state index in [-0.39, 0.29) is 20.7 Å². The van der Waals surface area contributed by atoms with Gasteiger partial charge in [-0.1, -0.05) is 35.1 Å². The van der Waals surface area contributed by atoms with Gasteiger partial charge in [-0.15, -0.1) is 0 Å². The number of aromatic nitrogens is 1. The Morgan fingerprint density at radius 3 is 2.56 bits per heavy atom. The largest absolute Gasteiger partial charge is 0.493 e. The standard InChI is InChI=1S/C24H20ClFN2O5S/c1-12-20(23(30)33-4)21(13-8-9-17(31-2)18(10-13)32-3)28-22(29)19(34-24(28)27-12)11-14-15(25)6-5-7-16(14)26/h5-11,21H,1-4H3/b19-11+/t21-/m1/s1. The molecular weight excluding hydrogens is 483 g/mol. The minimum atomic E-state index is -0.846. The molecule has 0 aliphatic carbocycles. The van der Waals surface area contributed by atoms with Gasteiger partial charge in [-0.2, -0.15) is 0 Å². The van der Waals surface area contributed by atoms with E-state index in [1.165, 1.54) is 44.1 Å². The number of nitrogens with zero attached hydrogens (tertiary/aromatic N) is 2. The zero-order valence-corrected chi connectivity index (χ0v) is 20.3. The molecule has 4 rings (SSSR count). The predicted octanol–water partition coefficient (Wildman–Crippen LogP) is 3.22. The van der Waals surface area contributed by atoms with Crippen molar-refractivity contribution < 1.29 is 23.4 Å². The number of methoxy groups -OCH3 is 3. The number of carbonyl (C=O) groups excluding carboxylic acids is 1. The van der Waals surface area contributed by atoms with Gasteiger partial charge >= 0.3 is 5.97 Å². The van der Waals surface area contributed by atoms with Gasteiger partial charge in [0.2, 0.25) is 0 Å². The van der Waals surface area contributed by atoms with E-state index in [1.807, 2.05) is 0 Å². The van der Waals surface area contributed by atoms with E-state index >= 15 is 0 Å². The molecule has 0 fully saturated rings. The van der Waals surface area contributed by atoms with Gasteiger partial charge in [0.1, 0.15) is 5.82 Å². The van der Waals surface area contributed by atoms with Crippen LogP contribution in [0.15, 0.2) is 57.5 Å². The summed E-state index contributed by atoms with van der Waals surface area (Å²) in [6.07, 6.45) is 1.39. The minimum absolute atomic E-state index is 0.0982. The first kappa shape index (κ1) is 23.7. The second-order valence-electron chi connectivity index (χ2n) is 7.32. The zero-order valence-electron chi connectivity index (χ0n) is 18.7. The molecule has 176 valence electrons. The molecule has 34 heavy (non-hydrogen) atoms. The van der Waals surface area contributed by atoms with Crippen molar-refractivity contribution in [2.75, 3.05) is 21.3 Å². The molecule has 3 aromatic rings. The summed E-state index contributed by atoms with van der Waals surface area (Å²) < 4.78 is 31.7. The van der Waals surface area contributed by atoms with Crippen LogP contribution in [-0.2, 0) is 9.53 Å². The average Bonchev–Trinajstić information content (AvgIpc) is 3.14. The smallest absolute Gasteiger partial charge is 0.338 e. The molecular formula is C24H20ClFN2O5S. The molecule has 1 aliphatic rings. The van der Waals surface area contributed by atoms with Crippen molar-refractivity contribution in [1.29, 1.82) is 0 Å². The number of ether oxygens (including phenoxy) is 3. The summed E-state index contributed by atoms with van der Waals surface area (Å²) in [6, 6.07) is 8.56. The number of esters is 1. The first-order valence-electron chi connectivity index (χ1n) is 10.1. The molecule has 2 heterocycles. The van der Waals surface area contributed by atoms with Crippen LogP contribution in [0, 0.1) is 5.82 Å². The fourth-order valence-corrected chi connectivity index (χ4v) is 5.06. The van der Waals surface area contributed by atoms with E-state index in [0.717, 1.165) is 11.3 Å². The predicted molar refractivity (Wildman–Crippen MR) is 127 cm³/mol. The topological polar surface area (TPSA) is 79.1 Å². The summed E-state index contributed by atoms with van der Waals surface area (Å²) in [6.45, 7) is 1.67. The summed E-state index contributed by atoms with van der Waals surface area (Å²) in [4.78, 5) is 31.1. The summed E-state index contributed by atoms with van der Waals surface area (Å²) in [5.74, 6) is -0.249. The maximum atomic E-state index is 14.4. The van der Waals surface area contributed by atoms with E-state index in [4.69, 9.17) is 25.8 Å². The number of fused-ring (bicyclic) bond motifs is 1. The van der Waals surface area contributed by atoms with Crippen LogP contribution in [-0.4, -0.2) is 31.9 Å². The number of allylic oxidation sites excluding steroid dienone is 1. The molecule has 0 radical (unpaired) electrons. The fraction of sp³-hybridized carbons (Fsp3) is 0.208. The third-order valence-electron chi connectivity index (χ3n) is 5.43. The Kier molecular flexibility index (Phi) is 6.58. The highest BCUT2D eigenvalue weighted by Crippen LogP contribution is 2.36. The van der Waals surface area contributed by atoms with Gasteiger partial charge in [-0.3, -0.25) is 9.36 Å². The van der Waals surface area contributed by atoms with Gasteiger partial charge in [0.25, 0.3) is 5.56 Å². The number of hydrogen-bond acceptors (Lipinski definition) is 7. The zero-order chi connectivity index (χ0) is 24.6. The van der Waals surface area contributed by atoms with Crippen molar-refractivity contribution in [3.05, 3.63) is 89.3 Å². The lowest BCUT2D eigenvalue weighted by Gasteiger charge is -2.25. The van der Waals surface area contributed by atoms with Gasteiger partial charge in [0, 0.05) is 5.56 Å². The van der Waals surface area contributed by atoms with Crippen LogP contribution in [0.5, 0.6) is 11.5 Å². The summed E-state index contributed by atoms with van der Waals surface area (Å²) in [7, 11) is 4.27. The Labute approximate surface area is 203 Å². The second kappa shape index (κ2) is 9.44. The molecule has 1 aliphatic heterocycles. The average molecular weight is 503 g/mol. The third-order valence-corrected chi connectivity index (χ3v) is 6.74. The second-order valence-corrected chi connectivity index (χ2v) is 8.74. The first-order chi connectivity index (χ1) is 16.3. The normalized spacial score (nSPS) is 15.6. The van der Waals surface area contributed by atoms with Crippen molar-refractivity contribution >= 4 is 35.0 Å². The molecule has 1 aromatic heterocycles. The van der Waals surface area contributed by atoms with Gasteiger partial charge in [-0.25, -0.2) is 14.2 Å². The maximum absolute atomic E-state index is 14.4. The van der Waals surface area contributed by atoms with Crippen LogP contribution in [0.3, 0.4) is 0 Å². The molecule has 0 spiro atoms. The van der Waals surface area contributed by atoms with Gasteiger partial charge in [-0.05, 0) is 42.8 Å². The summed E-state index contributed by atoms with van der Waals surface area (Å²) >= 11 is 7.23. The Morgan fingerprint density at radius 1 is 1.18 bits per heavy atom. The fourth-order valence-electron chi connectivity index (χ4n) is 3.81. The third kappa shape index (κ3) is 4.01. The Bertz CT molecular complexity index is 1490. The molecule has 0 amide bonds. The van der Waals surface area contributed by atoms with Crippen molar-refractivity contribution in [2.24, 2.45) is 4.99 Å². The lowest BCUT2D eigenvalue weighted by molar-refractivity contribution is -0.136. The summed E-state index contributed by atoms with van der Waals surface area (Å²) in [5, 5.41) is 0.175. The quantitative estimate of drug-likeness (QED) is 0.501. The van der Waals surface area contributed by atoms with Crippen LogP contribution in [0.25, 0.3) is 6.08 Å². The van der Waals surface area contributed by atoms with E-state index in [1.54, 1.807) is 31.2 Å². The van der Waals surface area contributed by atoms with Crippen molar-refractivity contribution in [3.63, 3.8) is 0 Å². The molecule has 0 saturated heterocycles. The number of benzene rings is 2. The van der Waals surface area contributed by atoms with E-state index in [2.05, 4.69) is 4.99 Å². The molecule has 10 heteroatoms. The first-order valence-corrected chi connectivity index (χ1v) is 11.3. The number of rotatable bonds is 5. The Hall–Kier alpha value is -3.43. The monoisotopic (exact) mass is 502 g/mol. The number of halogens is 2. The lowest BCUT2D eigenvalue weighted by atomic mass is 9.95. The minimum Gasteiger partial charge on any atom is -0.493 e. The number of hydrogen-bond donors (Lipinski definition) is 0. The Morgan fingerprint density at radius 2 is 1.91 bits per heavy atom.